The SMILES string of the molecule is CN1CCN(c2ncc(C(=O)CC(CCC(C)(F)F)Cc3c[nH]c4ccccc34)s2)CC1. The van der Waals surface area contributed by atoms with Crippen molar-refractivity contribution in [1.82, 2.24) is 14.9 Å². The third-order valence-electron chi connectivity index (χ3n) is 6.19. The highest BCUT2D eigenvalue weighted by atomic mass is 32.1. The molecular formula is C24H30F2N4OS. The van der Waals surface area contributed by atoms with Crippen molar-refractivity contribution in [2.24, 2.45) is 5.92 Å². The van der Waals surface area contributed by atoms with E-state index in [4.69, 9.17) is 0 Å². The number of hydrogen-bond acceptors (Lipinski definition) is 5. The first-order chi connectivity index (χ1) is 15.3. The molecule has 4 rings (SSSR count). The Morgan fingerprint density at radius 1 is 1.25 bits per heavy atom. The van der Waals surface area contributed by atoms with E-state index < -0.39 is 5.92 Å². The van der Waals surface area contributed by atoms with E-state index in [1.807, 2.05) is 30.5 Å². The van der Waals surface area contributed by atoms with E-state index in [1.54, 1.807) is 6.20 Å². The summed E-state index contributed by atoms with van der Waals surface area (Å²) in [7, 11) is 2.10. The number of carbonyl (C=O) groups is 1. The maximum absolute atomic E-state index is 13.6. The molecule has 5 nitrogen and oxygen atoms in total. The number of aromatic amines is 1. The van der Waals surface area contributed by atoms with E-state index in [2.05, 4.69) is 26.8 Å². The number of fused-ring (bicyclic) bond motifs is 1. The smallest absolute Gasteiger partial charge is 0.245 e. The largest absolute Gasteiger partial charge is 0.361 e. The third-order valence-corrected chi connectivity index (χ3v) is 7.29. The van der Waals surface area contributed by atoms with Gasteiger partial charge in [0.25, 0.3) is 0 Å². The second-order valence-corrected chi connectivity index (χ2v) is 9.97. The highest BCUT2D eigenvalue weighted by molar-refractivity contribution is 7.17. The first-order valence-electron chi connectivity index (χ1n) is 11.1. The van der Waals surface area contributed by atoms with Gasteiger partial charge in [0.05, 0.1) is 11.1 Å². The predicted octanol–water partition coefficient (Wildman–Crippen LogP) is 5.24. The van der Waals surface area contributed by atoms with Crippen LogP contribution in [0.1, 0.15) is 41.4 Å². The van der Waals surface area contributed by atoms with Crippen molar-refractivity contribution in [2.45, 2.75) is 38.5 Å². The minimum atomic E-state index is -2.74. The van der Waals surface area contributed by atoms with Gasteiger partial charge in [0.15, 0.2) is 10.9 Å². The van der Waals surface area contributed by atoms with Crippen LogP contribution in [0.3, 0.4) is 0 Å². The fraction of sp³-hybridized carbons (Fsp3) is 0.500. The van der Waals surface area contributed by atoms with Crippen LogP contribution in [0.2, 0.25) is 0 Å². The molecule has 1 saturated heterocycles. The summed E-state index contributed by atoms with van der Waals surface area (Å²) in [6, 6.07) is 7.95. The molecule has 3 aromatic rings. The molecule has 1 unspecified atom stereocenters. The summed E-state index contributed by atoms with van der Waals surface area (Å²) in [5, 5.41) is 1.96. The van der Waals surface area contributed by atoms with Gasteiger partial charge in [-0.15, -0.1) is 0 Å². The monoisotopic (exact) mass is 460 g/mol. The van der Waals surface area contributed by atoms with Crippen LogP contribution in [0.5, 0.6) is 0 Å². The Kier molecular flexibility index (Phi) is 6.90. The van der Waals surface area contributed by atoms with Crippen molar-refractivity contribution in [2.75, 3.05) is 38.1 Å². The van der Waals surface area contributed by atoms with E-state index in [0.717, 1.165) is 54.7 Å². The number of halogens is 2. The Labute approximate surface area is 191 Å². The number of nitrogens with one attached hydrogen (secondary N) is 1. The average molecular weight is 461 g/mol. The van der Waals surface area contributed by atoms with Crippen molar-refractivity contribution in [3.63, 3.8) is 0 Å². The van der Waals surface area contributed by atoms with Crippen LogP contribution in [-0.4, -0.2) is 59.8 Å². The van der Waals surface area contributed by atoms with Crippen molar-refractivity contribution < 1.29 is 13.6 Å². The van der Waals surface area contributed by atoms with Gasteiger partial charge in [0.1, 0.15) is 0 Å². The maximum Gasteiger partial charge on any atom is 0.245 e. The number of H-pyrrole nitrogens is 1. The summed E-state index contributed by atoms with van der Waals surface area (Å²) in [5.74, 6) is -2.89. The highest BCUT2D eigenvalue weighted by Gasteiger charge is 2.26. The molecule has 1 aliphatic rings. The third kappa shape index (κ3) is 5.72. The van der Waals surface area contributed by atoms with Gasteiger partial charge >= 0.3 is 0 Å². The van der Waals surface area contributed by atoms with Gasteiger partial charge in [-0.3, -0.25) is 4.79 Å². The van der Waals surface area contributed by atoms with Crippen LogP contribution < -0.4 is 4.90 Å². The molecule has 172 valence electrons. The first-order valence-corrected chi connectivity index (χ1v) is 12.0. The molecule has 3 heterocycles. The zero-order valence-corrected chi connectivity index (χ0v) is 19.4. The lowest BCUT2D eigenvalue weighted by molar-refractivity contribution is 0.00630. The van der Waals surface area contributed by atoms with E-state index in [9.17, 15) is 13.6 Å². The van der Waals surface area contributed by atoms with Crippen LogP contribution in [-0.2, 0) is 6.42 Å². The molecule has 8 heteroatoms. The summed E-state index contributed by atoms with van der Waals surface area (Å²) < 4.78 is 27.2. The summed E-state index contributed by atoms with van der Waals surface area (Å²) in [6.45, 7) is 4.68. The van der Waals surface area contributed by atoms with E-state index >= 15 is 0 Å². The maximum atomic E-state index is 13.6. The summed E-state index contributed by atoms with van der Waals surface area (Å²) in [6.07, 6.45) is 4.51. The summed E-state index contributed by atoms with van der Waals surface area (Å²) in [5.41, 5.74) is 2.09. The van der Waals surface area contributed by atoms with Crippen molar-refractivity contribution in [1.29, 1.82) is 0 Å². The second kappa shape index (κ2) is 9.67. The highest BCUT2D eigenvalue weighted by Crippen LogP contribution is 2.31. The summed E-state index contributed by atoms with van der Waals surface area (Å²) in [4.78, 5) is 25.9. The number of likely N-dealkylation sites (N-methyl/N-ethyl adjacent to an activating group) is 1. The van der Waals surface area contributed by atoms with Crippen LogP contribution in [0.4, 0.5) is 13.9 Å². The number of alkyl halides is 2. The number of ketones is 1. The van der Waals surface area contributed by atoms with Gasteiger partial charge in [-0.1, -0.05) is 29.5 Å². The molecule has 0 bridgehead atoms. The molecule has 1 N–H and O–H groups in total. The van der Waals surface area contributed by atoms with Gasteiger partial charge in [-0.25, -0.2) is 13.8 Å². The lowest BCUT2D eigenvalue weighted by atomic mass is 9.89. The van der Waals surface area contributed by atoms with Crippen LogP contribution >= 0.6 is 11.3 Å². The van der Waals surface area contributed by atoms with E-state index in [1.165, 1.54) is 11.3 Å². The molecule has 32 heavy (non-hydrogen) atoms. The molecule has 0 radical (unpaired) electrons. The second-order valence-electron chi connectivity index (χ2n) is 8.96. The number of nitrogens with zero attached hydrogens (tertiary/aromatic N) is 3. The fourth-order valence-corrected chi connectivity index (χ4v) is 5.16. The molecule has 1 fully saturated rings. The van der Waals surface area contributed by atoms with Crippen LogP contribution in [0, 0.1) is 5.92 Å². The van der Waals surface area contributed by atoms with Gasteiger partial charge in [0.2, 0.25) is 5.92 Å². The molecule has 1 atom stereocenters. The molecule has 2 aromatic heterocycles. The topological polar surface area (TPSA) is 52.2 Å². The summed E-state index contributed by atoms with van der Waals surface area (Å²) >= 11 is 1.42. The van der Waals surface area contributed by atoms with Gasteiger partial charge < -0.3 is 14.8 Å². The molecule has 0 spiro atoms. The molecule has 0 saturated carbocycles. The van der Waals surface area contributed by atoms with Crippen molar-refractivity contribution in [3.05, 3.63) is 47.1 Å². The normalized spacial score (nSPS) is 16.6. The Hall–Kier alpha value is -2.32. The minimum Gasteiger partial charge on any atom is -0.361 e. The number of benzene rings is 1. The number of piperazine rings is 1. The number of hydrogen-bond donors (Lipinski definition) is 1. The quantitative estimate of drug-likeness (QED) is 0.444. The Bertz CT molecular complexity index is 1050. The standard InChI is InChI=1S/C24H30F2N4OS/c1-24(25,26)8-7-17(13-18-15-27-20-6-4-3-5-19(18)20)14-21(31)22-16-28-23(32-22)30-11-9-29(2)10-12-30/h3-6,15-17,27H,7-14H2,1-2H3. The molecule has 1 aromatic carbocycles. The van der Waals surface area contributed by atoms with Gasteiger partial charge in [-0.2, -0.15) is 0 Å². The predicted molar refractivity (Wildman–Crippen MR) is 126 cm³/mol. The van der Waals surface area contributed by atoms with E-state index in [-0.39, 0.29) is 24.5 Å². The molecule has 0 amide bonds. The van der Waals surface area contributed by atoms with Crippen molar-refractivity contribution in [3.8, 4) is 0 Å². The average Bonchev–Trinajstić information content (AvgIpc) is 3.40. The number of aromatic nitrogens is 2. The minimum absolute atomic E-state index is 0.00728. The lowest BCUT2D eigenvalue weighted by Crippen LogP contribution is -2.44. The Morgan fingerprint density at radius 2 is 2.00 bits per heavy atom. The number of carbonyl (C=O) groups excluding carboxylic acids is 1. The zero-order valence-electron chi connectivity index (χ0n) is 18.6. The number of anilines is 1. The molecule has 1 aliphatic heterocycles. The lowest BCUT2D eigenvalue weighted by Gasteiger charge is -2.32. The van der Waals surface area contributed by atoms with Crippen LogP contribution in [0.25, 0.3) is 10.9 Å². The van der Waals surface area contributed by atoms with Gasteiger partial charge in [-0.05, 0) is 44.4 Å². The zero-order chi connectivity index (χ0) is 22.7. The Balaban J connectivity index is 1.46. The Morgan fingerprint density at radius 3 is 2.75 bits per heavy atom. The van der Waals surface area contributed by atoms with E-state index in [0.29, 0.717) is 17.7 Å². The van der Waals surface area contributed by atoms with Gasteiger partial charge in [0, 0.05) is 56.1 Å². The van der Waals surface area contributed by atoms with Crippen LogP contribution in [0.15, 0.2) is 36.7 Å². The number of rotatable bonds is 9. The molecule has 0 aliphatic carbocycles. The number of thiazole rings is 1. The molecular weight excluding hydrogens is 430 g/mol. The number of para-hydroxylation sites is 1. The number of Topliss-reactive ketones (excluding diaryl/α,β-unsaturated/α-hetero) is 1. The fourth-order valence-electron chi connectivity index (χ4n) is 4.25. The van der Waals surface area contributed by atoms with Crippen molar-refractivity contribution >= 4 is 33.2 Å². The first kappa shape index (κ1) is 22.9.